The Kier molecular flexibility index (Phi) is 58.6. The number of hydrogen-bond acceptors (Lipinski definition) is 1. The van der Waals surface area contributed by atoms with Crippen molar-refractivity contribution in [3.8, 4) is 0 Å². The lowest BCUT2D eigenvalue weighted by Crippen LogP contribution is -1.89. The average Bonchev–Trinajstić information content (AvgIpc) is 1.46. The Bertz CT molecular complexity index is 7.61. The van der Waals surface area contributed by atoms with Crippen molar-refractivity contribution in [1.29, 1.82) is 0 Å². The summed E-state index contributed by atoms with van der Waals surface area (Å²) in [6.07, 6.45) is 0. The zero-order valence-electron chi connectivity index (χ0n) is 3.65. The fourth-order valence-corrected chi connectivity index (χ4v) is 0. The van der Waals surface area contributed by atoms with Crippen LogP contribution in [0.2, 0.25) is 0 Å². The van der Waals surface area contributed by atoms with E-state index < -0.39 is 0 Å². The van der Waals surface area contributed by atoms with Crippen molar-refractivity contribution in [2.75, 3.05) is 14.1 Å². The highest BCUT2D eigenvalue weighted by molar-refractivity contribution is 6.75. The van der Waals surface area contributed by atoms with Crippen molar-refractivity contribution < 1.29 is 0 Å². The summed E-state index contributed by atoms with van der Waals surface area (Å²) < 4.78 is 0. The van der Waals surface area contributed by atoms with E-state index in [0.717, 1.165) is 0 Å². The molecule has 0 unspecified atom stereocenters. The fourth-order valence-electron chi connectivity index (χ4n) is 0. The van der Waals surface area contributed by atoms with Crippen LogP contribution in [0.15, 0.2) is 0 Å². The van der Waals surface area contributed by atoms with Crippen molar-refractivity contribution in [3.05, 3.63) is 0 Å². The van der Waals surface area contributed by atoms with Gasteiger partial charge < -0.3 is 5.32 Å². The van der Waals surface area contributed by atoms with Crippen molar-refractivity contribution in [1.82, 2.24) is 5.32 Å². The van der Waals surface area contributed by atoms with Crippen LogP contribution in [0.25, 0.3) is 0 Å². The summed E-state index contributed by atoms with van der Waals surface area (Å²) in [6.45, 7) is 0. The highest BCUT2D eigenvalue weighted by atomic mass is 14.7. The third kappa shape index (κ3) is 2210. The molecule has 0 aliphatic heterocycles. The molecule has 4 radical (unpaired) electrons. The van der Waals surface area contributed by atoms with E-state index in [0.29, 0.717) is 0 Å². The minimum absolute atomic E-state index is 1.88. The van der Waals surface area contributed by atoms with E-state index >= 15 is 0 Å². The van der Waals surface area contributed by atoms with Gasteiger partial charge in [-0.25, -0.2) is 0 Å². The van der Waals surface area contributed by atoms with Crippen LogP contribution in [0.1, 0.15) is 0 Å². The summed E-state index contributed by atoms with van der Waals surface area (Å²) >= 11 is 0. The minimum Gasteiger partial charge on any atom is -0.323 e. The second-order valence-corrected chi connectivity index (χ2v) is 0.500. The first kappa shape index (κ1) is 8.92. The second kappa shape index (κ2) is 32.9. The normalized spacial score (nSPS) is 4.40. The van der Waals surface area contributed by atoms with Crippen LogP contribution in [0.3, 0.4) is 0 Å². The first-order chi connectivity index (χ1) is 2.41. The van der Waals surface area contributed by atoms with E-state index in [9.17, 15) is 0 Å². The largest absolute Gasteiger partial charge is 0.323 e. The third-order valence-corrected chi connectivity index (χ3v) is 0. The topological polar surface area (TPSA) is 12.0 Å². The van der Waals surface area contributed by atoms with E-state index in [-0.39, 0.29) is 0 Å². The maximum Gasteiger partial charge on any atom is 0 e. The zero-order valence-corrected chi connectivity index (χ0v) is 3.65. The molecule has 0 aromatic carbocycles. The molecule has 0 aliphatic carbocycles. The number of rotatable bonds is 0. The first-order valence-corrected chi connectivity index (χ1v) is 1.33. The van der Waals surface area contributed by atoms with Crippen LogP contribution in [-0.4, -0.2) is 29.6 Å². The fraction of sp³-hybridized carbons (Fsp3) is 1.00. The Balaban J connectivity index is 0. The second-order valence-electron chi connectivity index (χ2n) is 0.500. The first-order valence-electron chi connectivity index (χ1n) is 1.33. The summed E-state index contributed by atoms with van der Waals surface area (Å²) in [4.78, 5) is 0. The highest BCUT2D eigenvalue weighted by Crippen LogP contribution is 0.981. The van der Waals surface area contributed by atoms with Gasteiger partial charge >= 0.3 is 0 Å². The molecule has 0 rings (SSSR count). The van der Waals surface area contributed by atoms with Crippen LogP contribution in [0.4, 0.5) is 0 Å². The van der Waals surface area contributed by atoms with Gasteiger partial charge in [-0.2, -0.15) is 0 Å². The van der Waals surface area contributed by atoms with Crippen molar-refractivity contribution >= 4 is 15.5 Å². The predicted molar refractivity (Wildman–Crippen MR) is 26.5 cm³/mol. The van der Waals surface area contributed by atoms with Gasteiger partial charge in [0.1, 0.15) is 0 Å². The molecule has 0 saturated carbocycles. The van der Waals surface area contributed by atoms with Crippen LogP contribution < -0.4 is 5.32 Å². The van der Waals surface area contributed by atoms with Crippen LogP contribution in [-0.2, 0) is 0 Å². The lowest BCUT2D eigenvalue weighted by molar-refractivity contribution is 1.02. The van der Waals surface area contributed by atoms with Gasteiger partial charge in [-0.05, 0) is 14.1 Å². The molecule has 0 fully saturated rings. The van der Waals surface area contributed by atoms with Gasteiger partial charge in [-0.15, -0.1) is 0 Å². The molecular formula is C2H7B2N. The van der Waals surface area contributed by atoms with Crippen molar-refractivity contribution in [2.45, 2.75) is 0 Å². The van der Waals surface area contributed by atoms with Crippen LogP contribution in [0.5, 0.6) is 0 Å². The van der Waals surface area contributed by atoms with E-state index in [1.807, 2.05) is 14.1 Å². The standard InChI is InChI=1S/C2H7N.B2/c1-3-2;1-2/h3H,1-2H3;. The summed E-state index contributed by atoms with van der Waals surface area (Å²) in [5.41, 5.74) is 0. The Labute approximate surface area is 35.9 Å². The molecule has 26 valence electrons. The maximum absolute atomic E-state index is 4.00. The molecule has 1 nitrogen and oxygen atoms in total. The number of nitrogens with one attached hydrogen (secondary N) is 1. The minimum atomic E-state index is 1.88. The van der Waals surface area contributed by atoms with Crippen molar-refractivity contribution in [3.63, 3.8) is 0 Å². The van der Waals surface area contributed by atoms with Crippen molar-refractivity contribution in [2.24, 2.45) is 0 Å². The Morgan fingerprint density at radius 1 is 1.20 bits per heavy atom. The highest BCUT2D eigenvalue weighted by Gasteiger charge is 1.25. The molecule has 1 N–H and O–H groups in total. The summed E-state index contributed by atoms with van der Waals surface area (Å²) in [5, 5.41) is 2.75. The van der Waals surface area contributed by atoms with Gasteiger partial charge in [0.05, 0.1) is 0 Å². The molecule has 3 heteroatoms. The molecule has 0 atom stereocenters. The average molecular weight is 66.7 g/mol. The molecule has 0 spiro atoms. The SMILES string of the molecule is CNC.[B][B]. The monoisotopic (exact) mass is 67.1 g/mol. The lowest BCUT2D eigenvalue weighted by Gasteiger charge is -1.59. The van der Waals surface area contributed by atoms with E-state index in [1.165, 1.54) is 0 Å². The molecule has 5 heavy (non-hydrogen) atoms. The lowest BCUT2D eigenvalue weighted by atomic mass is 9.81. The third-order valence-electron chi connectivity index (χ3n) is 0. The molecule has 0 aromatic rings. The van der Waals surface area contributed by atoms with E-state index in [1.54, 1.807) is 0 Å². The quantitative estimate of drug-likeness (QED) is 0.361. The number of hydrogen-bond donors (Lipinski definition) is 1. The van der Waals surface area contributed by atoms with Gasteiger partial charge in [-0.1, -0.05) is 0 Å². The summed E-state index contributed by atoms with van der Waals surface area (Å²) in [6, 6.07) is 0. The van der Waals surface area contributed by atoms with Gasteiger partial charge in [0.15, 0.2) is 0 Å². The molecule has 0 heterocycles. The summed E-state index contributed by atoms with van der Waals surface area (Å²) in [7, 11) is 11.8. The molecular weight excluding hydrogens is 59.7 g/mol. The van der Waals surface area contributed by atoms with Crippen LogP contribution in [0, 0.1) is 0 Å². The Morgan fingerprint density at radius 2 is 1.20 bits per heavy atom. The predicted octanol–water partition coefficient (Wildman–Crippen LogP) is -0.926. The molecule has 0 saturated heterocycles. The van der Waals surface area contributed by atoms with Gasteiger partial charge in [-0.3, -0.25) is 0 Å². The summed E-state index contributed by atoms with van der Waals surface area (Å²) in [5.74, 6) is 0. The maximum atomic E-state index is 4.00. The Hall–Kier alpha value is 0.0899. The molecule has 0 amide bonds. The molecule has 0 bridgehead atoms. The molecule has 0 aliphatic rings. The smallest absolute Gasteiger partial charge is 0 e. The van der Waals surface area contributed by atoms with E-state index in [2.05, 4.69) is 20.8 Å². The zero-order chi connectivity index (χ0) is 4.71. The Morgan fingerprint density at radius 3 is 1.20 bits per heavy atom. The van der Waals surface area contributed by atoms with Crippen LogP contribution >= 0.6 is 0 Å². The van der Waals surface area contributed by atoms with Gasteiger partial charge in [0.25, 0.3) is 0 Å². The van der Waals surface area contributed by atoms with Gasteiger partial charge in [0.2, 0.25) is 0 Å². The van der Waals surface area contributed by atoms with E-state index in [4.69, 9.17) is 0 Å². The molecule has 0 aromatic heterocycles. The van der Waals surface area contributed by atoms with Gasteiger partial charge in [0, 0.05) is 15.5 Å².